The van der Waals surface area contributed by atoms with Crippen molar-refractivity contribution >= 4 is 17.9 Å². The number of nitrogens with zero attached hydrogens (tertiary/aromatic N) is 2. The summed E-state index contributed by atoms with van der Waals surface area (Å²) in [6.07, 6.45) is 13.0. The minimum absolute atomic E-state index is 0.00136. The molecule has 3 aromatic carbocycles. The molecule has 7 atom stereocenters. The average Bonchev–Trinajstić information content (AvgIpc) is 4.18. The summed E-state index contributed by atoms with van der Waals surface area (Å²) >= 11 is 0. The predicted octanol–water partition coefficient (Wildman–Crippen LogP) is 9.04. The van der Waals surface area contributed by atoms with Crippen molar-refractivity contribution in [3.8, 4) is 23.0 Å². The van der Waals surface area contributed by atoms with Crippen molar-refractivity contribution in [1.82, 2.24) is 4.90 Å². The van der Waals surface area contributed by atoms with E-state index in [0.29, 0.717) is 60.1 Å². The summed E-state index contributed by atoms with van der Waals surface area (Å²) in [6.45, 7) is 5.08. The first-order valence-electron chi connectivity index (χ1n) is 23.0. The van der Waals surface area contributed by atoms with Gasteiger partial charge in [0.2, 0.25) is 18.0 Å². The van der Waals surface area contributed by atoms with Gasteiger partial charge in [0.05, 0.1) is 37.5 Å². The van der Waals surface area contributed by atoms with Gasteiger partial charge in [-0.3, -0.25) is 9.59 Å². The van der Waals surface area contributed by atoms with E-state index in [-0.39, 0.29) is 68.2 Å². The van der Waals surface area contributed by atoms with E-state index in [1.807, 2.05) is 23.1 Å². The van der Waals surface area contributed by atoms with Gasteiger partial charge in [-0.25, -0.2) is 4.39 Å². The highest BCUT2D eigenvalue weighted by Gasteiger charge is 2.66. The maximum Gasteiger partial charge on any atom is 0.239 e. The first-order valence-corrected chi connectivity index (χ1v) is 23.0. The molecule has 64 heavy (non-hydrogen) atoms. The molecule has 1 saturated heterocycles. The first-order chi connectivity index (χ1) is 31.3. The smallest absolute Gasteiger partial charge is 0.239 e. The number of unbranched alkanes of at least 4 members (excludes halogenated alkanes) is 2. The molecule has 3 fully saturated rings. The van der Waals surface area contributed by atoms with Gasteiger partial charge in [-0.05, 0) is 123 Å². The summed E-state index contributed by atoms with van der Waals surface area (Å²) in [4.78, 5) is 35.0. The van der Waals surface area contributed by atoms with Crippen LogP contribution in [0.25, 0.3) is 0 Å². The second-order valence-corrected chi connectivity index (χ2v) is 17.7. The van der Waals surface area contributed by atoms with Gasteiger partial charge in [-0.1, -0.05) is 42.3 Å². The van der Waals surface area contributed by atoms with E-state index in [1.54, 1.807) is 36.4 Å². The molecule has 2 heterocycles. The number of allylic oxidation sites excluding steroid dienone is 1. The fraction of sp³-hybridized carbons (Fsp3) is 0.510. The highest BCUT2D eigenvalue weighted by Crippen LogP contribution is 2.62. The van der Waals surface area contributed by atoms with Crippen molar-refractivity contribution in [2.75, 3.05) is 33.5 Å². The number of carbonyl (C=O) groups excluding carboxylic acids is 2. The summed E-state index contributed by atoms with van der Waals surface area (Å²) in [6, 6.07) is 16.4. The molecule has 8 rings (SSSR count). The van der Waals surface area contributed by atoms with Crippen LogP contribution in [0.15, 0.2) is 90.1 Å². The zero-order chi connectivity index (χ0) is 44.6. The number of hydrogen-bond donors (Lipinski definition) is 2. The van der Waals surface area contributed by atoms with Crippen molar-refractivity contribution < 1.29 is 52.7 Å². The molecule has 12 nitrogen and oxygen atoms in total. The number of halogens is 1. The summed E-state index contributed by atoms with van der Waals surface area (Å²) in [5.41, 5.74) is 3.61. The highest BCUT2D eigenvalue weighted by atomic mass is 19.1. The maximum atomic E-state index is 14.8. The van der Waals surface area contributed by atoms with Crippen LogP contribution in [0.2, 0.25) is 0 Å². The van der Waals surface area contributed by atoms with Crippen LogP contribution in [0, 0.1) is 29.5 Å². The standard InChI is InChI=1S/C51H61FN2O10/c1-3-25-61-51-46(54(50(58)34-15-16-34)31-33-13-17-37(52)18-14-33)30-43(53-64-47-12-6-9-26-60-47)41-28-35(10-4-7-23-55)40(11-5-8-24-56)48(49(41)51)42-29-39(20-22-45(42)63-51)62-38-19-21-44(59-2)36(27-38)32-57/h3,13-14,17-22,27-29,32,34-35,40,46-49,55-56H,1,4-12,15-16,23-26,30-31H2,2H3. The zero-order valence-electron chi connectivity index (χ0n) is 36.7. The molecule has 5 aliphatic rings. The van der Waals surface area contributed by atoms with E-state index in [1.165, 1.54) is 19.2 Å². The number of rotatable bonds is 21. The number of hydrogen-bond acceptors (Lipinski definition) is 11. The van der Waals surface area contributed by atoms with Crippen LogP contribution in [0.3, 0.4) is 0 Å². The number of ether oxygens (including phenoxy) is 5. The van der Waals surface area contributed by atoms with Crippen LogP contribution in [-0.4, -0.2) is 84.7 Å². The van der Waals surface area contributed by atoms with Crippen molar-refractivity contribution in [3.05, 3.63) is 107 Å². The number of aldehydes is 1. The molecule has 2 N–H and O–H groups in total. The SMILES string of the molecule is C=CCOC12Oc3ccc(Oc4ccc(OC)c(C=O)c4)cc3C3C(CCCCO)C(CCCCO)C=C(C(=NOC4CCCCO4)CC1N(Cc1ccc(F)cc1)C(=O)C1CC1)C32. The Labute approximate surface area is 375 Å². The highest BCUT2D eigenvalue weighted by molar-refractivity contribution is 6.03. The summed E-state index contributed by atoms with van der Waals surface area (Å²) in [5, 5.41) is 24.9. The number of aliphatic hydroxyl groups is 2. The van der Waals surface area contributed by atoms with Crippen LogP contribution in [0.4, 0.5) is 4.39 Å². The van der Waals surface area contributed by atoms with Crippen LogP contribution in [0.1, 0.15) is 104 Å². The summed E-state index contributed by atoms with van der Waals surface area (Å²) < 4.78 is 46.7. The Bertz CT molecular complexity index is 2170. The molecule has 0 radical (unpaired) electrons. The van der Waals surface area contributed by atoms with E-state index >= 15 is 0 Å². The van der Waals surface area contributed by atoms with Crippen molar-refractivity contribution in [2.24, 2.45) is 28.8 Å². The van der Waals surface area contributed by atoms with Crippen LogP contribution in [0.5, 0.6) is 23.0 Å². The lowest BCUT2D eigenvalue weighted by molar-refractivity contribution is -0.258. The maximum absolute atomic E-state index is 14.8. The first kappa shape index (κ1) is 45.5. The number of fused-ring (bicyclic) bond motifs is 2. The fourth-order valence-corrected chi connectivity index (χ4v) is 10.3. The number of benzene rings is 3. The largest absolute Gasteiger partial charge is 0.496 e. The van der Waals surface area contributed by atoms with Gasteiger partial charge < -0.3 is 43.6 Å². The number of aliphatic hydroxyl groups excluding tert-OH is 2. The lowest BCUT2D eigenvalue weighted by atomic mass is 9.55. The van der Waals surface area contributed by atoms with Crippen molar-refractivity contribution in [1.29, 1.82) is 0 Å². The van der Waals surface area contributed by atoms with E-state index in [9.17, 15) is 24.2 Å². The second-order valence-electron chi connectivity index (χ2n) is 17.7. The normalized spacial score (nSPS) is 26.4. The van der Waals surface area contributed by atoms with Crippen molar-refractivity contribution in [2.45, 2.75) is 108 Å². The predicted molar refractivity (Wildman–Crippen MR) is 238 cm³/mol. The average molecular weight is 881 g/mol. The molecule has 1 amide bonds. The van der Waals surface area contributed by atoms with Crippen molar-refractivity contribution in [3.63, 3.8) is 0 Å². The molecule has 3 aliphatic carbocycles. The quantitative estimate of drug-likeness (QED) is 0.0460. The molecule has 0 spiro atoms. The Morgan fingerprint density at radius 1 is 0.984 bits per heavy atom. The number of amides is 1. The van der Waals surface area contributed by atoms with Gasteiger partial charge in [-0.2, -0.15) is 0 Å². The number of oxime groups is 1. The van der Waals surface area contributed by atoms with Gasteiger partial charge in [-0.15, -0.1) is 6.58 Å². The molecule has 7 unspecified atom stereocenters. The van der Waals surface area contributed by atoms with E-state index in [2.05, 4.69) is 12.7 Å². The Balaban J connectivity index is 1.33. The Morgan fingerprint density at radius 3 is 2.45 bits per heavy atom. The third-order valence-electron chi connectivity index (χ3n) is 13.5. The molecular weight excluding hydrogens is 820 g/mol. The molecule has 3 aromatic rings. The summed E-state index contributed by atoms with van der Waals surface area (Å²) in [7, 11) is 1.51. The van der Waals surface area contributed by atoms with Crippen LogP contribution in [-0.2, 0) is 25.7 Å². The minimum atomic E-state index is -1.45. The lowest BCUT2D eigenvalue weighted by Crippen LogP contribution is -2.70. The summed E-state index contributed by atoms with van der Waals surface area (Å²) in [5.74, 6) is -0.776. The molecular formula is C51H61FN2O10. The van der Waals surface area contributed by atoms with E-state index in [0.717, 1.165) is 74.4 Å². The lowest BCUT2D eigenvalue weighted by Gasteiger charge is -2.60. The van der Waals surface area contributed by atoms with Gasteiger partial charge in [0.15, 0.2) is 6.29 Å². The monoisotopic (exact) mass is 880 g/mol. The number of carbonyl (C=O) groups is 2. The molecule has 2 aliphatic heterocycles. The minimum Gasteiger partial charge on any atom is -0.496 e. The molecule has 0 bridgehead atoms. The Hall–Kier alpha value is -5.08. The topological polar surface area (TPSA) is 146 Å². The zero-order valence-corrected chi connectivity index (χ0v) is 36.7. The molecule has 0 aromatic heterocycles. The number of methoxy groups -OCH3 is 1. The van der Waals surface area contributed by atoms with E-state index in [4.69, 9.17) is 33.7 Å². The van der Waals surface area contributed by atoms with Gasteiger partial charge >= 0.3 is 0 Å². The van der Waals surface area contributed by atoms with Gasteiger partial charge in [0, 0.05) is 50.0 Å². The molecule has 13 heteroatoms. The second kappa shape index (κ2) is 20.8. The van der Waals surface area contributed by atoms with Gasteiger partial charge in [0.1, 0.15) is 34.9 Å². The van der Waals surface area contributed by atoms with Crippen LogP contribution < -0.4 is 14.2 Å². The van der Waals surface area contributed by atoms with E-state index < -0.39 is 24.0 Å². The Kier molecular flexibility index (Phi) is 14.8. The fourth-order valence-electron chi connectivity index (χ4n) is 10.3. The molecule has 342 valence electrons. The van der Waals surface area contributed by atoms with Crippen LogP contribution >= 0.6 is 0 Å². The Morgan fingerprint density at radius 2 is 1.75 bits per heavy atom. The molecule has 2 saturated carbocycles. The third kappa shape index (κ3) is 9.78. The third-order valence-corrected chi connectivity index (χ3v) is 13.5. The van der Waals surface area contributed by atoms with Gasteiger partial charge in [0.25, 0.3) is 0 Å².